The maximum absolute atomic E-state index is 5.77. The van der Waals surface area contributed by atoms with Crippen LogP contribution in [0.5, 0.6) is 0 Å². The number of nitrogens with one attached hydrogen (secondary N) is 2. The predicted octanol–water partition coefficient (Wildman–Crippen LogP) is 3.12. The minimum Gasteiger partial charge on any atom is -0.381 e. The molecule has 1 aromatic carbocycles. The number of ether oxygens (including phenoxy) is 2. The second-order valence-corrected chi connectivity index (χ2v) is 8.87. The zero-order valence-electron chi connectivity index (χ0n) is 20.6. The Morgan fingerprint density at radius 3 is 2.76 bits per heavy atom. The minimum atomic E-state index is 0. The second-order valence-electron chi connectivity index (χ2n) is 8.87. The Kier molecular flexibility index (Phi) is 14.1. The van der Waals surface area contributed by atoms with Crippen molar-refractivity contribution in [2.75, 3.05) is 83.7 Å². The molecule has 0 bridgehead atoms. The van der Waals surface area contributed by atoms with E-state index < -0.39 is 0 Å². The van der Waals surface area contributed by atoms with E-state index in [0.717, 1.165) is 104 Å². The predicted molar refractivity (Wildman–Crippen MR) is 148 cm³/mol. The van der Waals surface area contributed by atoms with Gasteiger partial charge in [-0.15, -0.1) is 24.0 Å². The summed E-state index contributed by atoms with van der Waals surface area (Å²) in [4.78, 5) is 9.76. The summed E-state index contributed by atoms with van der Waals surface area (Å²) >= 11 is 0. The molecule has 2 aliphatic rings. The van der Waals surface area contributed by atoms with Crippen LogP contribution >= 0.6 is 24.0 Å². The van der Waals surface area contributed by atoms with Crippen LogP contribution < -0.4 is 15.5 Å². The second kappa shape index (κ2) is 16.5. The van der Waals surface area contributed by atoms with Gasteiger partial charge in [-0.25, -0.2) is 0 Å². The lowest BCUT2D eigenvalue weighted by Gasteiger charge is -2.36. The van der Waals surface area contributed by atoms with Crippen molar-refractivity contribution in [3.63, 3.8) is 0 Å². The minimum absolute atomic E-state index is 0. The smallest absolute Gasteiger partial charge is 0.191 e. The van der Waals surface area contributed by atoms with Gasteiger partial charge >= 0.3 is 0 Å². The number of aryl methyl sites for hydroxylation is 1. The van der Waals surface area contributed by atoms with Crippen molar-refractivity contribution < 1.29 is 9.47 Å². The molecule has 0 aromatic heterocycles. The summed E-state index contributed by atoms with van der Waals surface area (Å²) in [7, 11) is 0. The van der Waals surface area contributed by atoms with Crippen LogP contribution in [0.15, 0.2) is 29.3 Å². The highest BCUT2D eigenvalue weighted by Crippen LogP contribution is 2.17. The summed E-state index contributed by atoms with van der Waals surface area (Å²) in [6.07, 6.45) is 3.21. The number of nitrogens with zero attached hydrogens (tertiary/aromatic N) is 3. The summed E-state index contributed by atoms with van der Waals surface area (Å²) in [5.74, 6) is 1.50. The van der Waals surface area contributed by atoms with Gasteiger partial charge in [0.15, 0.2) is 5.96 Å². The van der Waals surface area contributed by atoms with Crippen LogP contribution in [-0.4, -0.2) is 89.6 Å². The average Bonchev–Trinajstić information content (AvgIpc) is 3.33. The van der Waals surface area contributed by atoms with Gasteiger partial charge in [-0.05, 0) is 57.4 Å². The number of piperazine rings is 1. The molecular formula is C25H44IN5O2. The molecule has 2 N–H and O–H groups in total. The van der Waals surface area contributed by atoms with E-state index in [1.165, 1.54) is 11.3 Å². The molecule has 1 aromatic rings. The highest BCUT2D eigenvalue weighted by Gasteiger charge is 2.17. The first-order valence-corrected chi connectivity index (χ1v) is 12.5. The summed E-state index contributed by atoms with van der Waals surface area (Å²) in [6, 6.07) is 8.84. The van der Waals surface area contributed by atoms with Crippen molar-refractivity contribution in [2.24, 2.45) is 10.9 Å². The van der Waals surface area contributed by atoms with Crippen molar-refractivity contribution >= 4 is 35.6 Å². The maximum Gasteiger partial charge on any atom is 0.191 e. The maximum atomic E-state index is 5.77. The molecule has 0 aliphatic carbocycles. The molecule has 33 heavy (non-hydrogen) atoms. The first-order chi connectivity index (χ1) is 15.7. The quantitative estimate of drug-likeness (QED) is 0.174. The Hall–Kier alpha value is -1.10. The number of hydrogen-bond donors (Lipinski definition) is 2. The third-order valence-corrected chi connectivity index (χ3v) is 6.12. The van der Waals surface area contributed by atoms with Gasteiger partial charge in [0.05, 0.1) is 13.2 Å². The monoisotopic (exact) mass is 573 g/mol. The summed E-state index contributed by atoms with van der Waals surface area (Å²) in [5.41, 5.74) is 2.69. The van der Waals surface area contributed by atoms with Gasteiger partial charge in [0.25, 0.3) is 0 Å². The highest BCUT2D eigenvalue weighted by molar-refractivity contribution is 14.0. The van der Waals surface area contributed by atoms with E-state index in [0.29, 0.717) is 5.92 Å². The largest absolute Gasteiger partial charge is 0.381 e. The van der Waals surface area contributed by atoms with E-state index in [9.17, 15) is 0 Å². The number of rotatable bonds is 12. The van der Waals surface area contributed by atoms with Crippen LogP contribution in [0.25, 0.3) is 0 Å². The van der Waals surface area contributed by atoms with Crippen LogP contribution in [-0.2, 0) is 9.47 Å². The Balaban J connectivity index is 0.00000385. The van der Waals surface area contributed by atoms with E-state index in [1.807, 2.05) is 0 Å². The highest BCUT2D eigenvalue weighted by atomic mass is 127. The Labute approximate surface area is 217 Å². The fraction of sp³-hybridized carbons (Fsp3) is 0.720. The molecule has 2 aliphatic heterocycles. The molecular weight excluding hydrogens is 529 g/mol. The molecule has 0 radical (unpaired) electrons. The molecule has 8 heteroatoms. The van der Waals surface area contributed by atoms with Crippen molar-refractivity contribution in [3.8, 4) is 0 Å². The third-order valence-electron chi connectivity index (χ3n) is 6.12. The van der Waals surface area contributed by atoms with Crippen molar-refractivity contribution in [2.45, 2.75) is 33.1 Å². The molecule has 2 fully saturated rings. The fourth-order valence-corrected chi connectivity index (χ4v) is 4.23. The summed E-state index contributed by atoms with van der Waals surface area (Å²) in [5, 5.41) is 6.83. The van der Waals surface area contributed by atoms with E-state index in [2.05, 4.69) is 63.5 Å². The molecule has 2 saturated heterocycles. The van der Waals surface area contributed by atoms with Crippen LogP contribution in [0.4, 0.5) is 5.69 Å². The zero-order chi connectivity index (χ0) is 22.4. The molecule has 188 valence electrons. The number of benzene rings is 1. The number of anilines is 1. The van der Waals surface area contributed by atoms with Gasteiger partial charge in [-0.3, -0.25) is 9.89 Å². The Bertz CT molecular complexity index is 677. The first-order valence-electron chi connectivity index (χ1n) is 12.5. The van der Waals surface area contributed by atoms with Gasteiger partial charge in [0, 0.05) is 70.6 Å². The van der Waals surface area contributed by atoms with Gasteiger partial charge in [0.1, 0.15) is 0 Å². The number of aliphatic imine (C=N–C) groups is 1. The standard InChI is InChI=1S/C25H43N5O2.HI/c1-3-26-25(28-11-6-17-31-20-23-9-18-32-21-23)27-10-5-12-29-13-15-30(16-14-29)24-8-4-7-22(2)19-24;/h4,7-8,19,23H,3,5-6,9-18,20-21H2,1-2H3,(H2,26,27,28);1H. The van der Waals surface area contributed by atoms with Crippen molar-refractivity contribution in [1.29, 1.82) is 0 Å². The number of guanidine groups is 1. The summed E-state index contributed by atoms with van der Waals surface area (Å²) < 4.78 is 11.1. The van der Waals surface area contributed by atoms with Crippen LogP contribution in [0.3, 0.4) is 0 Å². The topological polar surface area (TPSA) is 61.4 Å². The number of hydrogen-bond acceptors (Lipinski definition) is 5. The molecule has 0 spiro atoms. The first kappa shape index (κ1) is 28.1. The average molecular weight is 574 g/mol. The van der Waals surface area contributed by atoms with Gasteiger partial charge in [-0.2, -0.15) is 0 Å². The van der Waals surface area contributed by atoms with Crippen LogP contribution in [0, 0.1) is 12.8 Å². The third kappa shape index (κ3) is 10.8. The molecule has 1 atom stereocenters. The van der Waals surface area contributed by atoms with Crippen LogP contribution in [0.2, 0.25) is 0 Å². The van der Waals surface area contributed by atoms with Crippen LogP contribution in [0.1, 0.15) is 31.7 Å². The van der Waals surface area contributed by atoms with E-state index in [1.54, 1.807) is 0 Å². The lowest BCUT2D eigenvalue weighted by Crippen LogP contribution is -2.47. The molecule has 0 saturated carbocycles. The van der Waals surface area contributed by atoms with Crippen molar-refractivity contribution in [3.05, 3.63) is 29.8 Å². The SMILES string of the molecule is CCNC(=NCCCOCC1CCOC1)NCCCN1CCN(c2cccc(C)c2)CC1.I. The Morgan fingerprint density at radius 2 is 2.03 bits per heavy atom. The normalized spacial score (nSPS) is 19.4. The molecule has 0 amide bonds. The zero-order valence-corrected chi connectivity index (χ0v) is 22.9. The summed E-state index contributed by atoms with van der Waals surface area (Å²) in [6.45, 7) is 15.8. The Morgan fingerprint density at radius 1 is 1.18 bits per heavy atom. The molecule has 1 unspecified atom stereocenters. The van der Waals surface area contributed by atoms with E-state index >= 15 is 0 Å². The number of halogens is 1. The molecule has 7 nitrogen and oxygen atoms in total. The lowest BCUT2D eigenvalue weighted by atomic mass is 10.1. The molecule has 2 heterocycles. The van der Waals surface area contributed by atoms with E-state index in [4.69, 9.17) is 9.47 Å². The van der Waals surface area contributed by atoms with Gasteiger partial charge in [0.2, 0.25) is 0 Å². The van der Waals surface area contributed by atoms with Crippen molar-refractivity contribution in [1.82, 2.24) is 15.5 Å². The fourth-order valence-electron chi connectivity index (χ4n) is 4.23. The van der Waals surface area contributed by atoms with E-state index in [-0.39, 0.29) is 24.0 Å². The molecule has 3 rings (SSSR count). The van der Waals surface area contributed by atoms with Gasteiger partial charge in [-0.1, -0.05) is 12.1 Å². The lowest BCUT2D eigenvalue weighted by molar-refractivity contribution is 0.0893. The van der Waals surface area contributed by atoms with Gasteiger partial charge < -0.3 is 25.0 Å².